The summed E-state index contributed by atoms with van der Waals surface area (Å²) in [5, 5.41) is 5.74. The first-order valence-corrected chi connectivity index (χ1v) is 8.33. The van der Waals surface area contributed by atoms with Crippen LogP contribution in [-0.2, 0) is 0 Å². The molecule has 0 aliphatic carbocycles. The average molecular weight is 377 g/mol. The highest BCUT2D eigenvalue weighted by Gasteiger charge is 2.10. The minimum atomic E-state index is -0.241. The molecule has 0 bridgehead atoms. The Hall–Kier alpha value is -2.01. The van der Waals surface area contributed by atoms with Gasteiger partial charge in [0.25, 0.3) is 0 Å². The molecule has 0 heterocycles. The fourth-order valence-electron chi connectivity index (χ4n) is 2.11. The number of hydrogen-bond acceptors (Lipinski definition) is 2. The van der Waals surface area contributed by atoms with E-state index in [1.165, 1.54) is 0 Å². The lowest BCUT2D eigenvalue weighted by Crippen LogP contribution is -2.31. The second kappa shape index (κ2) is 8.02. The van der Waals surface area contributed by atoms with Crippen LogP contribution in [0, 0.1) is 0 Å². The molecule has 2 aromatic carbocycles. The molecule has 1 unspecified atom stereocenters. The lowest BCUT2D eigenvalue weighted by Gasteiger charge is -2.16. The van der Waals surface area contributed by atoms with Crippen LogP contribution in [0.15, 0.2) is 53.0 Å². The number of anilines is 1. The molecule has 0 aliphatic rings. The Balaban J connectivity index is 1.91. The van der Waals surface area contributed by atoms with Gasteiger partial charge in [0.15, 0.2) is 0 Å². The van der Waals surface area contributed by atoms with E-state index >= 15 is 0 Å². The lowest BCUT2D eigenvalue weighted by atomic mass is 10.1. The summed E-state index contributed by atoms with van der Waals surface area (Å²) < 4.78 is 6.57. The van der Waals surface area contributed by atoms with Gasteiger partial charge in [0.2, 0.25) is 0 Å². The summed E-state index contributed by atoms with van der Waals surface area (Å²) in [7, 11) is 0. The summed E-state index contributed by atoms with van der Waals surface area (Å²) in [5.41, 5.74) is 1.76. The van der Waals surface area contributed by atoms with E-state index in [1.54, 1.807) is 0 Å². The maximum Gasteiger partial charge on any atom is 0.319 e. The molecule has 122 valence electrons. The molecule has 2 aromatic rings. The van der Waals surface area contributed by atoms with Crippen LogP contribution in [0.1, 0.15) is 32.4 Å². The van der Waals surface area contributed by atoms with Crippen molar-refractivity contribution in [2.24, 2.45) is 0 Å². The molecule has 0 saturated heterocycles. The first-order chi connectivity index (χ1) is 10.9. The average Bonchev–Trinajstić information content (AvgIpc) is 2.48. The number of hydrogen-bond donors (Lipinski definition) is 2. The van der Waals surface area contributed by atoms with Crippen LogP contribution >= 0.6 is 15.9 Å². The highest BCUT2D eigenvalue weighted by atomic mass is 79.9. The van der Waals surface area contributed by atoms with E-state index in [2.05, 4.69) is 26.6 Å². The van der Waals surface area contributed by atoms with Gasteiger partial charge in [-0.3, -0.25) is 0 Å². The van der Waals surface area contributed by atoms with Gasteiger partial charge >= 0.3 is 6.03 Å². The predicted molar refractivity (Wildman–Crippen MR) is 96.9 cm³/mol. The van der Waals surface area contributed by atoms with E-state index in [9.17, 15) is 4.79 Å². The Morgan fingerprint density at radius 1 is 1.09 bits per heavy atom. The fraction of sp³-hybridized carbons (Fsp3) is 0.278. The van der Waals surface area contributed by atoms with E-state index in [0.717, 1.165) is 21.5 Å². The standard InChI is InChI=1S/C18H21BrN2O2/c1-12(2)23-17-9-7-16(8-10-17)21-18(22)20-13(3)14-5-4-6-15(19)11-14/h4-13H,1-3H3,(H2,20,21,22). The molecule has 2 amide bonds. The molecule has 0 aromatic heterocycles. The van der Waals surface area contributed by atoms with Crippen molar-refractivity contribution in [3.63, 3.8) is 0 Å². The van der Waals surface area contributed by atoms with E-state index in [0.29, 0.717) is 0 Å². The molecule has 1 atom stereocenters. The molecule has 0 saturated carbocycles. The molecule has 0 spiro atoms. The summed E-state index contributed by atoms with van der Waals surface area (Å²) in [4.78, 5) is 12.1. The molecule has 4 nitrogen and oxygen atoms in total. The van der Waals surface area contributed by atoms with Crippen LogP contribution in [0.4, 0.5) is 10.5 Å². The Morgan fingerprint density at radius 3 is 2.39 bits per heavy atom. The first kappa shape index (κ1) is 17.3. The van der Waals surface area contributed by atoms with Gasteiger partial charge in [0.05, 0.1) is 12.1 Å². The number of carbonyl (C=O) groups excluding carboxylic acids is 1. The molecule has 23 heavy (non-hydrogen) atoms. The summed E-state index contributed by atoms with van der Waals surface area (Å²) in [6.07, 6.45) is 0.128. The third-order valence-electron chi connectivity index (χ3n) is 3.18. The maximum absolute atomic E-state index is 12.1. The summed E-state index contributed by atoms with van der Waals surface area (Å²) in [6, 6.07) is 14.9. The van der Waals surface area contributed by atoms with Gasteiger partial charge in [-0.1, -0.05) is 28.1 Å². The number of benzene rings is 2. The SMILES string of the molecule is CC(C)Oc1ccc(NC(=O)NC(C)c2cccc(Br)c2)cc1. The van der Waals surface area contributed by atoms with Gasteiger partial charge in [-0.2, -0.15) is 0 Å². The molecular weight excluding hydrogens is 356 g/mol. The normalized spacial score (nSPS) is 11.9. The van der Waals surface area contributed by atoms with Crippen molar-refractivity contribution in [1.29, 1.82) is 0 Å². The van der Waals surface area contributed by atoms with E-state index in [4.69, 9.17) is 4.74 Å². The summed E-state index contributed by atoms with van der Waals surface area (Å²) in [5.74, 6) is 0.786. The summed E-state index contributed by atoms with van der Waals surface area (Å²) >= 11 is 3.43. The van der Waals surface area contributed by atoms with Gasteiger partial charge < -0.3 is 15.4 Å². The van der Waals surface area contributed by atoms with Crippen molar-refractivity contribution < 1.29 is 9.53 Å². The van der Waals surface area contributed by atoms with Crippen molar-refractivity contribution in [3.05, 3.63) is 58.6 Å². The summed E-state index contributed by atoms with van der Waals surface area (Å²) in [6.45, 7) is 5.90. The monoisotopic (exact) mass is 376 g/mol. The Kier molecular flexibility index (Phi) is 6.04. The number of halogens is 1. The highest BCUT2D eigenvalue weighted by molar-refractivity contribution is 9.10. The van der Waals surface area contributed by atoms with Gasteiger partial charge in [0.1, 0.15) is 5.75 Å². The topological polar surface area (TPSA) is 50.4 Å². The molecule has 2 N–H and O–H groups in total. The second-order valence-corrected chi connectivity index (χ2v) is 6.48. The molecule has 0 aliphatic heterocycles. The van der Waals surface area contributed by atoms with Crippen molar-refractivity contribution in [1.82, 2.24) is 5.32 Å². The minimum absolute atomic E-state index is 0.0870. The molecule has 0 radical (unpaired) electrons. The quantitative estimate of drug-likeness (QED) is 0.760. The third-order valence-corrected chi connectivity index (χ3v) is 3.67. The van der Waals surface area contributed by atoms with E-state index < -0.39 is 0 Å². The number of amides is 2. The maximum atomic E-state index is 12.1. The van der Waals surface area contributed by atoms with Gasteiger partial charge in [-0.15, -0.1) is 0 Å². The zero-order chi connectivity index (χ0) is 16.8. The third kappa shape index (κ3) is 5.60. The number of carbonyl (C=O) groups is 1. The van der Waals surface area contributed by atoms with Crippen LogP contribution in [0.25, 0.3) is 0 Å². The molecule has 5 heteroatoms. The van der Waals surface area contributed by atoms with Crippen LogP contribution < -0.4 is 15.4 Å². The zero-order valence-electron chi connectivity index (χ0n) is 13.5. The number of ether oxygens (including phenoxy) is 1. The predicted octanol–water partition coefficient (Wildman–Crippen LogP) is 5.12. The first-order valence-electron chi connectivity index (χ1n) is 7.54. The highest BCUT2D eigenvalue weighted by Crippen LogP contribution is 2.19. The smallest absolute Gasteiger partial charge is 0.319 e. The Bertz CT molecular complexity index is 656. The van der Waals surface area contributed by atoms with Crippen LogP contribution in [0.2, 0.25) is 0 Å². The largest absolute Gasteiger partial charge is 0.491 e. The van der Waals surface area contributed by atoms with Crippen LogP contribution in [0.3, 0.4) is 0 Å². The molecular formula is C18H21BrN2O2. The second-order valence-electron chi connectivity index (χ2n) is 5.57. The Labute approximate surface area is 145 Å². The van der Waals surface area contributed by atoms with Crippen molar-refractivity contribution in [2.45, 2.75) is 32.9 Å². The molecule has 2 rings (SSSR count). The van der Waals surface area contributed by atoms with Gasteiger partial charge in [-0.25, -0.2) is 4.79 Å². The number of urea groups is 1. The van der Waals surface area contributed by atoms with Gasteiger partial charge in [-0.05, 0) is 62.7 Å². The Morgan fingerprint density at radius 2 is 1.78 bits per heavy atom. The lowest BCUT2D eigenvalue weighted by molar-refractivity contribution is 0.242. The van der Waals surface area contributed by atoms with Crippen molar-refractivity contribution >= 4 is 27.6 Å². The minimum Gasteiger partial charge on any atom is -0.491 e. The van der Waals surface area contributed by atoms with E-state index in [-0.39, 0.29) is 18.2 Å². The van der Waals surface area contributed by atoms with Crippen LogP contribution in [0.5, 0.6) is 5.75 Å². The zero-order valence-corrected chi connectivity index (χ0v) is 15.1. The fourth-order valence-corrected chi connectivity index (χ4v) is 2.53. The molecule has 0 fully saturated rings. The number of nitrogens with one attached hydrogen (secondary N) is 2. The van der Waals surface area contributed by atoms with Crippen molar-refractivity contribution in [2.75, 3.05) is 5.32 Å². The van der Waals surface area contributed by atoms with Gasteiger partial charge in [0, 0.05) is 10.2 Å². The van der Waals surface area contributed by atoms with Crippen molar-refractivity contribution in [3.8, 4) is 5.75 Å². The van der Waals surface area contributed by atoms with E-state index in [1.807, 2.05) is 69.3 Å². The number of rotatable bonds is 5. The van der Waals surface area contributed by atoms with Crippen LogP contribution in [-0.4, -0.2) is 12.1 Å².